The number of amides is 2. The minimum atomic E-state index is -0.259. The lowest BCUT2D eigenvalue weighted by molar-refractivity contribution is -0.140. The quantitative estimate of drug-likeness (QED) is 0.487. The number of phenolic OH excluding ortho intramolecular Hbond substituents is 1. The second-order valence-electron chi connectivity index (χ2n) is 6.29. The van der Waals surface area contributed by atoms with Gasteiger partial charge in [-0.15, -0.1) is 0 Å². The first-order valence-corrected chi connectivity index (χ1v) is 8.47. The molecule has 6 nitrogen and oxygen atoms in total. The predicted octanol–water partition coefficient (Wildman–Crippen LogP) is 2.30. The molecule has 1 saturated heterocycles. The molecule has 0 spiro atoms. The van der Waals surface area contributed by atoms with E-state index in [1.54, 1.807) is 12.1 Å². The number of nitrogens with zero attached hydrogens (tertiary/aromatic N) is 2. The maximum absolute atomic E-state index is 12.5. The summed E-state index contributed by atoms with van der Waals surface area (Å²) in [6.45, 7) is 0. The first-order valence-electron chi connectivity index (χ1n) is 7.68. The molecule has 1 aromatic carbocycles. The van der Waals surface area contributed by atoms with Crippen molar-refractivity contribution in [2.45, 2.75) is 6.42 Å². The van der Waals surface area contributed by atoms with Crippen molar-refractivity contribution >= 4 is 34.0 Å². The van der Waals surface area contributed by atoms with Gasteiger partial charge in [0, 0.05) is 0 Å². The fourth-order valence-corrected chi connectivity index (χ4v) is 4.41. The van der Waals surface area contributed by atoms with Gasteiger partial charge in [0.05, 0.1) is 29.6 Å². The number of imide groups is 1. The lowest BCUT2D eigenvalue weighted by Gasteiger charge is -2.13. The fourth-order valence-electron chi connectivity index (χ4n) is 3.95. The van der Waals surface area contributed by atoms with Crippen molar-refractivity contribution in [3.8, 4) is 11.5 Å². The summed E-state index contributed by atoms with van der Waals surface area (Å²) in [5.74, 6) is -0.356. The Hall–Kier alpha value is -2.15. The number of benzene rings is 1. The van der Waals surface area contributed by atoms with E-state index in [2.05, 4.69) is 21.0 Å². The molecule has 0 radical (unpaired) electrons. The van der Waals surface area contributed by atoms with E-state index in [-0.39, 0.29) is 47.0 Å². The van der Waals surface area contributed by atoms with Gasteiger partial charge >= 0.3 is 0 Å². The number of allylic oxidation sites excluding steroid dienone is 2. The zero-order chi connectivity index (χ0) is 17.0. The van der Waals surface area contributed by atoms with Crippen LogP contribution >= 0.6 is 15.9 Å². The van der Waals surface area contributed by atoms with Crippen LogP contribution in [0.5, 0.6) is 11.5 Å². The number of fused-ring (bicyclic) bond motifs is 5. The van der Waals surface area contributed by atoms with Crippen molar-refractivity contribution in [2.24, 2.45) is 28.8 Å². The van der Waals surface area contributed by atoms with Crippen LogP contribution in [-0.2, 0) is 9.59 Å². The third-order valence-electron chi connectivity index (χ3n) is 5.04. The largest absolute Gasteiger partial charge is 0.503 e. The molecule has 0 unspecified atom stereocenters. The van der Waals surface area contributed by atoms with Crippen molar-refractivity contribution in [3.63, 3.8) is 0 Å². The molecule has 3 aliphatic rings. The third kappa shape index (κ3) is 2.11. The van der Waals surface area contributed by atoms with Crippen molar-refractivity contribution in [1.29, 1.82) is 0 Å². The van der Waals surface area contributed by atoms with Crippen molar-refractivity contribution in [1.82, 2.24) is 5.01 Å². The molecule has 1 heterocycles. The van der Waals surface area contributed by atoms with E-state index < -0.39 is 0 Å². The summed E-state index contributed by atoms with van der Waals surface area (Å²) in [4.78, 5) is 25.1. The number of rotatable bonds is 3. The molecule has 1 aromatic rings. The first kappa shape index (κ1) is 15.4. The van der Waals surface area contributed by atoms with E-state index in [4.69, 9.17) is 4.74 Å². The number of ether oxygens (including phenoxy) is 1. The van der Waals surface area contributed by atoms with Crippen LogP contribution < -0.4 is 4.74 Å². The lowest BCUT2D eigenvalue weighted by Crippen LogP contribution is -2.28. The highest BCUT2D eigenvalue weighted by Crippen LogP contribution is 2.52. The van der Waals surface area contributed by atoms with Crippen LogP contribution in [0, 0.1) is 23.7 Å². The highest BCUT2D eigenvalue weighted by Gasteiger charge is 2.59. The Morgan fingerprint density at radius 2 is 1.88 bits per heavy atom. The van der Waals surface area contributed by atoms with E-state index >= 15 is 0 Å². The van der Waals surface area contributed by atoms with Crippen LogP contribution in [0.25, 0.3) is 0 Å². The van der Waals surface area contributed by atoms with E-state index in [9.17, 15) is 14.7 Å². The Labute approximate surface area is 146 Å². The number of carbonyl (C=O) groups is 2. The number of hydrazone groups is 1. The second kappa shape index (κ2) is 5.44. The molecule has 1 saturated carbocycles. The minimum Gasteiger partial charge on any atom is -0.503 e. The summed E-state index contributed by atoms with van der Waals surface area (Å²) in [6, 6.07) is 3.22. The zero-order valence-corrected chi connectivity index (χ0v) is 14.4. The summed E-state index contributed by atoms with van der Waals surface area (Å²) < 4.78 is 5.53. The zero-order valence-electron chi connectivity index (χ0n) is 12.8. The highest BCUT2D eigenvalue weighted by molar-refractivity contribution is 9.10. The summed E-state index contributed by atoms with van der Waals surface area (Å²) >= 11 is 3.23. The topological polar surface area (TPSA) is 79.2 Å². The predicted molar refractivity (Wildman–Crippen MR) is 89.5 cm³/mol. The summed E-state index contributed by atoms with van der Waals surface area (Å²) in [7, 11) is 1.44. The molecule has 4 atom stereocenters. The van der Waals surface area contributed by atoms with Crippen LogP contribution in [-0.4, -0.2) is 35.3 Å². The van der Waals surface area contributed by atoms with Gasteiger partial charge in [0.2, 0.25) is 0 Å². The summed E-state index contributed by atoms with van der Waals surface area (Å²) in [5.41, 5.74) is 0.607. The molecule has 1 N–H and O–H groups in total. The molecule has 2 amide bonds. The SMILES string of the molecule is COc1cc(/C=N\N2C(=O)[C@H]3[C@H](C2=O)[C@H]2C=C[C@H]3C2)cc(Br)c1O. The van der Waals surface area contributed by atoms with Gasteiger partial charge in [0.1, 0.15) is 0 Å². The van der Waals surface area contributed by atoms with Crippen molar-refractivity contribution in [3.05, 3.63) is 34.3 Å². The van der Waals surface area contributed by atoms with Gasteiger partial charge < -0.3 is 9.84 Å². The van der Waals surface area contributed by atoms with Crippen molar-refractivity contribution < 1.29 is 19.4 Å². The summed E-state index contributed by atoms with van der Waals surface area (Å²) in [6.07, 6.45) is 6.42. The van der Waals surface area contributed by atoms with Gasteiger partial charge in [-0.2, -0.15) is 10.1 Å². The van der Waals surface area contributed by atoms with Crippen LogP contribution in [0.2, 0.25) is 0 Å². The molecule has 24 heavy (non-hydrogen) atoms. The average Bonchev–Trinajstić information content (AvgIpc) is 3.23. The van der Waals surface area contributed by atoms with Gasteiger partial charge in [0.15, 0.2) is 11.5 Å². The van der Waals surface area contributed by atoms with Gasteiger partial charge in [-0.3, -0.25) is 9.59 Å². The van der Waals surface area contributed by atoms with Crippen LogP contribution in [0.15, 0.2) is 33.9 Å². The lowest BCUT2D eigenvalue weighted by atomic mass is 9.85. The number of aromatic hydroxyl groups is 1. The molecule has 0 aromatic heterocycles. The maximum atomic E-state index is 12.5. The number of halogens is 1. The first-order chi connectivity index (χ1) is 11.5. The van der Waals surface area contributed by atoms with E-state index in [1.165, 1.54) is 13.3 Å². The molecule has 7 heteroatoms. The van der Waals surface area contributed by atoms with Crippen LogP contribution in [0.3, 0.4) is 0 Å². The smallest absolute Gasteiger partial charge is 0.254 e. The normalized spacial score (nSPS) is 30.7. The fraction of sp³-hybridized carbons (Fsp3) is 0.353. The van der Waals surface area contributed by atoms with Crippen LogP contribution in [0.1, 0.15) is 12.0 Å². The van der Waals surface area contributed by atoms with E-state index in [0.717, 1.165) is 11.4 Å². The van der Waals surface area contributed by atoms with Gasteiger partial charge in [0.25, 0.3) is 11.8 Å². The van der Waals surface area contributed by atoms with Gasteiger partial charge in [-0.25, -0.2) is 0 Å². The molecule has 2 bridgehead atoms. The number of methoxy groups -OCH3 is 1. The Balaban J connectivity index is 1.60. The molecule has 124 valence electrons. The summed E-state index contributed by atoms with van der Waals surface area (Å²) in [5, 5.41) is 14.9. The standard InChI is InChI=1S/C17H15BrN2O4/c1-24-12-5-8(4-11(18)15(12)21)7-19-20-16(22)13-9-2-3-10(6-9)14(13)17(20)23/h2-5,7,9-10,13-14,21H,6H2,1H3/b19-7-/t9-,10-,13+,14+/m0/s1. The van der Waals surface area contributed by atoms with Crippen molar-refractivity contribution in [2.75, 3.05) is 7.11 Å². The number of hydrogen-bond donors (Lipinski definition) is 1. The molecular formula is C17H15BrN2O4. The Morgan fingerprint density at radius 1 is 1.25 bits per heavy atom. The Kier molecular flexibility index (Phi) is 3.49. The monoisotopic (exact) mass is 390 g/mol. The van der Waals surface area contributed by atoms with E-state index in [0.29, 0.717) is 10.0 Å². The second-order valence-corrected chi connectivity index (χ2v) is 7.14. The molecule has 2 aliphatic carbocycles. The highest BCUT2D eigenvalue weighted by atomic mass is 79.9. The Bertz CT molecular complexity index is 774. The molecule has 4 rings (SSSR count). The maximum Gasteiger partial charge on any atom is 0.254 e. The Morgan fingerprint density at radius 3 is 2.46 bits per heavy atom. The van der Waals surface area contributed by atoms with Crippen LogP contribution in [0.4, 0.5) is 0 Å². The third-order valence-corrected chi connectivity index (χ3v) is 5.64. The average molecular weight is 391 g/mol. The number of phenols is 1. The van der Waals surface area contributed by atoms with Gasteiger partial charge in [-0.05, 0) is 51.9 Å². The van der Waals surface area contributed by atoms with E-state index in [1.807, 2.05) is 12.2 Å². The molecule has 2 fully saturated rings. The number of hydrogen-bond acceptors (Lipinski definition) is 5. The minimum absolute atomic E-state index is 0.0137. The molecule has 1 aliphatic heterocycles. The van der Waals surface area contributed by atoms with Gasteiger partial charge in [-0.1, -0.05) is 12.2 Å². The molecular weight excluding hydrogens is 376 g/mol. The number of carbonyl (C=O) groups excluding carboxylic acids is 2.